The maximum absolute atomic E-state index is 5.74. The van der Waals surface area contributed by atoms with Crippen molar-refractivity contribution in [3.63, 3.8) is 0 Å². The van der Waals surface area contributed by atoms with Crippen molar-refractivity contribution < 1.29 is 8.94 Å². The van der Waals surface area contributed by atoms with E-state index in [1.807, 2.05) is 13.8 Å². The van der Waals surface area contributed by atoms with Gasteiger partial charge in [-0.15, -0.1) is 0 Å². The number of aromatic nitrogens is 3. The second kappa shape index (κ2) is 5.36. The minimum Gasteiger partial charge on any atom is -0.436 e. The van der Waals surface area contributed by atoms with Gasteiger partial charge in [0.2, 0.25) is 5.89 Å². The fourth-order valence-electron chi connectivity index (χ4n) is 1.44. The predicted molar refractivity (Wildman–Crippen MR) is 73.2 cm³/mol. The van der Waals surface area contributed by atoms with Gasteiger partial charge in [0.1, 0.15) is 5.76 Å². The van der Waals surface area contributed by atoms with Crippen molar-refractivity contribution in [3.8, 4) is 0 Å². The van der Waals surface area contributed by atoms with Gasteiger partial charge in [-0.3, -0.25) is 0 Å². The van der Waals surface area contributed by atoms with Gasteiger partial charge in [0, 0.05) is 11.8 Å². The number of nitrogens with zero attached hydrogens (tertiary/aromatic N) is 3. The smallest absolute Gasteiger partial charge is 0.256 e. The molecule has 0 spiro atoms. The van der Waals surface area contributed by atoms with Gasteiger partial charge in [-0.2, -0.15) is 4.98 Å². The molecule has 0 aliphatic carbocycles. The van der Waals surface area contributed by atoms with Gasteiger partial charge in [0.15, 0.2) is 5.82 Å². The third-order valence-electron chi connectivity index (χ3n) is 2.65. The second-order valence-corrected chi connectivity index (χ2v) is 6.69. The van der Waals surface area contributed by atoms with Crippen LogP contribution in [0, 0.1) is 0 Å². The third kappa shape index (κ3) is 3.37. The number of hydrogen-bond acceptors (Lipinski definition) is 6. The Bertz CT molecular complexity index is 542. The van der Waals surface area contributed by atoms with Crippen molar-refractivity contribution in [2.75, 3.05) is 0 Å². The van der Waals surface area contributed by atoms with Gasteiger partial charge in [-0.25, -0.2) is 4.98 Å². The minimum atomic E-state index is -0.0328. The van der Waals surface area contributed by atoms with Crippen LogP contribution in [-0.4, -0.2) is 15.1 Å². The Labute approximate surface area is 117 Å². The van der Waals surface area contributed by atoms with E-state index in [1.165, 1.54) is 11.8 Å². The molecule has 0 N–H and O–H groups in total. The SMILES string of the molecule is CCc1noc([C@@H](C)Sc2ncc(C(C)(C)C)o2)n1. The first-order chi connectivity index (χ1) is 8.90. The van der Waals surface area contributed by atoms with E-state index in [0.29, 0.717) is 11.1 Å². The van der Waals surface area contributed by atoms with E-state index in [0.717, 1.165) is 18.0 Å². The van der Waals surface area contributed by atoms with Gasteiger partial charge in [0.05, 0.1) is 11.4 Å². The molecule has 0 unspecified atom stereocenters. The zero-order valence-electron chi connectivity index (χ0n) is 11.9. The van der Waals surface area contributed by atoms with E-state index in [4.69, 9.17) is 8.94 Å². The topological polar surface area (TPSA) is 65.0 Å². The average Bonchev–Trinajstić information content (AvgIpc) is 2.95. The molecule has 6 heteroatoms. The zero-order valence-corrected chi connectivity index (χ0v) is 12.7. The average molecular weight is 281 g/mol. The largest absolute Gasteiger partial charge is 0.436 e. The summed E-state index contributed by atoms with van der Waals surface area (Å²) in [4.78, 5) is 8.59. The number of rotatable bonds is 4. The number of hydrogen-bond donors (Lipinski definition) is 0. The lowest BCUT2D eigenvalue weighted by atomic mass is 9.94. The van der Waals surface area contributed by atoms with Crippen LogP contribution in [0.25, 0.3) is 0 Å². The monoisotopic (exact) mass is 281 g/mol. The molecule has 0 fully saturated rings. The fraction of sp³-hybridized carbons (Fsp3) is 0.615. The van der Waals surface area contributed by atoms with Crippen LogP contribution in [0.2, 0.25) is 0 Å². The number of oxazole rings is 1. The summed E-state index contributed by atoms with van der Waals surface area (Å²) in [6.45, 7) is 10.3. The highest BCUT2D eigenvalue weighted by Gasteiger charge is 2.22. The maximum Gasteiger partial charge on any atom is 0.256 e. The zero-order chi connectivity index (χ0) is 14.0. The Kier molecular flexibility index (Phi) is 3.99. The first kappa shape index (κ1) is 14.1. The van der Waals surface area contributed by atoms with Crippen LogP contribution < -0.4 is 0 Å². The summed E-state index contributed by atoms with van der Waals surface area (Å²) in [5.74, 6) is 2.21. The molecule has 0 amide bonds. The molecule has 0 bridgehead atoms. The number of thioether (sulfide) groups is 1. The molecule has 0 radical (unpaired) electrons. The molecule has 104 valence electrons. The van der Waals surface area contributed by atoms with Crippen LogP contribution in [-0.2, 0) is 11.8 Å². The molecule has 19 heavy (non-hydrogen) atoms. The molecule has 0 saturated carbocycles. The highest BCUT2D eigenvalue weighted by molar-refractivity contribution is 7.99. The minimum absolute atomic E-state index is 0.0271. The van der Waals surface area contributed by atoms with Gasteiger partial charge >= 0.3 is 0 Å². The molecule has 0 saturated heterocycles. The quantitative estimate of drug-likeness (QED) is 0.795. The first-order valence-corrected chi connectivity index (χ1v) is 7.23. The highest BCUT2D eigenvalue weighted by Crippen LogP contribution is 2.35. The van der Waals surface area contributed by atoms with Crippen LogP contribution in [0.15, 0.2) is 20.4 Å². The molecule has 2 aromatic rings. The molecule has 2 aromatic heterocycles. The predicted octanol–water partition coefficient (Wildman–Crippen LogP) is 3.77. The van der Waals surface area contributed by atoms with Gasteiger partial charge in [-0.1, -0.05) is 44.6 Å². The molecule has 0 aromatic carbocycles. The van der Waals surface area contributed by atoms with Gasteiger partial charge < -0.3 is 8.94 Å². The molecule has 0 aliphatic rings. The van der Waals surface area contributed by atoms with Crippen molar-refractivity contribution >= 4 is 11.8 Å². The summed E-state index contributed by atoms with van der Waals surface area (Å²) in [6, 6.07) is 0. The van der Waals surface area contributed by atoms with Crippen molar-refractivity contribution in [2.45, 2.75) is 56.9 Å². The number of aryl methyl sites for hydroxylation is 1. The highest BCUT2D eigenvalue weighted by atomic mass is 32.2. The summed E-state index contributed by atoms with van der Waals surface area (Å²) in [7, 11) is 0. The van der Waals surface area contributed by atoms with Crippen LogP contribution in [0.1, 0.15) is 57.3 Å². The van der Waals surface area contributed by atoms with Gasteiger partial charge in [-0.05, 0) is 6.92 Å². The van der Waals surface area contributed by atoms with Crippen molar-refractivity contribution in [3.05, 3.63) is 23.7 Å². The van der Waals surface area contributed by atoms with E-state index < -0.39 is 0 Å². The van der Waals surface area contributed by atoms with Gasteiger partial charge in [0.25, 0.3) is 5.22 Å². The van der Waals surface area contributed by atoms with Crippen molar-refractivity contribution in [1.82, 2.24) is 15.1 Å². The Balaban J connectivity index is 2.06. The lowest BCUT2D eigenvalue weighted by Gasteiger charge is -2.13. The Morgan fingerprint density at radius 1 is 1.37 bits per heavy atom. The summed E-state index contributed by atoms with van der Waals surface area (Å²) >= 11 is 1.48. The lowest BCUT2D eigenvalue weighted by molar-refractivity contribution is 0.352. The maximum atomic E-state index is 5.74. The van der Waals surface area contributed by atoms with E-state index in [1.54, 1.807) is 6.20 Å². The van der Waals surface area contributed by atoms with Crippen molar-refractivity contribution in [1.29, 1.82) is 0 Å². The summed E-state index contributed by atoms with van der Waals surface area (Å²) in [5.41, 5.74) is -0.0328. The molecule has 2 rings (SSSR count). The molecular weight excluding hydrogens is 262 g/mol. The van der Waals surface area contributed by atoms with E-state index in [-0.39, 0.29) is 10.7 Å². The Morgan fingerprint density at radius 3 is 2.63 bits per heavy atom. The molecule has 0 aliphatic heterocycles. The van der Waals surface area contributed by atoms with Crippen LogP contribution >= 0.6 is 11.8 Å². The Hall–Kier alpha value is -1.30. The van der Waals surface area contributed by atoms with E-state index in [2.05, 4.69) is 35.9 Å². The van der Waals surface area contributed by atoms with E-state index >= 15 is 0 Å². The molecule has 1 atom stereocenters. The van der Waals surface area contributed by atoms with Crippen LogP contribution in [0.5, 0.6) is 0 Å². The summed E-state index contributed by atoms with van der Waals surface area (Å²) < 4.78 is 10.9. The third-order valence-corrected chi connectivity index (χ3v) is 3.59. The standard InChI is InChI=1S/C13H19N3O2S/c1-6-10-15-11(18-16-10)8(2)19-12-14-7-9(17-12)13(3,4)5/h7-8H,6H2,1-5H3/t8-/m1/s1. The molecule has 5 nitrogen and oxygen atoms in total. The molecule has 2 heterocycles. The Morgan fingerprint density at radius 2 is 2.11 bits per heavy atom. The van der Waals surface area contributed by atoms with Crippen LogP contribution in [0.3, 0.4) is 0 Å². The second-order valence-electron chi connectivity index (χ2n) is 5.40. The normalized spacial score (nSPS) is 13.7. The summed E-state index contributed by atoms with van der Waals surface area (Å²) in [6.07, 6.45) is 2.55. The summed E-state index contributed by atoms with van der Waals surface area (Å²) in [5, 5.41) is 4.55. The fourth-order valence-corrected chi connectivity index (χ4v) is 2.19. The van der Waals surface area contributed by atoms with Crippen LogP contribution in [0.4, 0.5) is 0 Å². The molecular formula is C13H19N3O2S. The first-order valence-electron chi connectivity index (χ1n) is 6.35. The lowest BCUT2D eigenvalue weighted by Crippen LogP contribution is -2.09. The van der Waals surface area contributed by atoms with E-state index in [9.17, 15) is 0 Å². The van der Waals surface area contributed by atoms with Crippen molar-refractivity contribution in [2.24, 2.45) is 0 Å².